The van der Waals surface area contributed by atoms with Gasteiger partial charge in [-0.2, -0.15) is 0 Å². The van der Waals surface area contributed by atoms with E-state index in [-0.39, 0.29) is 11.5 Å². The van der Waals surface area contributed by atoms with Gasteiger partial charge in [0.2, 0.25) is 0 Å². The zero-order chi connectivity index (χ0) is 17.1. The van der Waals surface area contributed by atoms with Gasteiger partial charge in [-0.1, -0.05) is 29.4 Å². The number of halogens is 2. The predicted molar refractivity (Wildman–Crippen MR) is 91.9 cm³/mol. The third kappa shape index (κ3) is 3.55. The molecule has 0 aliphatic heterocycles. The highest BCUT2D eigenvalue weighted by molar-refractivity contribution is 9.10. The fourth-order valence-corrected chi connectivity index (χ4v) is 2.48. The fourth-order valence-electron chi connectivity index (χ4n) is 2.02. The van der Waals surface area contributed by atoms with E-state index < -0.39 is 6.09 Å². The number of carbonyl (C=O) groups is 1. The molecule has 0 saturated carbocycles. The van der Waals surface area contributed by atoms with E-state index in [2.05, 4.69) is 36.4 Å². The first kappa shape index (κ1) is 16.4. The van der Waals surface area contributed by atoms with Crippen LogP contribution in [0.3, 0.4) is 0 Å². The van der Waals surface area contributed by atoms with Crippen molar-refractivity contribution in [2.24, 2.45) is 0 Å². The summed E-state index contributed by atoms with van der Waals surface area (Å²) in [5.74, 6) is 0.789. The Morgan fingerprint density at radius 1 is 1.33 bits per heavy atom. The zero-order valence-corrected chi connectivity index (χ0v) is 14.4. The second kappa shape index (κ2) is 6.98. The third-order valence-electron chi connectivity index (χ3n) is 3.12. The molecule has 0 aliphatic carbocycles. The summed E-state index contributed by atoms with van der Waals surface area (Å²) in [6.45, 7) is 0. The minimum absolute atomic E-state index is 0.0610. The van der Waals surface area contributed by atoms with Crippen LogP contribution in [0.15, 0.2) is 45.7 Å². The highest BCUT2D eigenvalue weighted by Gasteiger charge is 2.17. The number of rotatable bonds is 4. The lowest BCUT2D eigenvalue weighted by Crippen LogP contribution is -2.10. The molecule has 1 amide bonds. The van der Waals surface area contributed by atoms with Crippen LogP contribution in [0.5, 0.6) is 0 Å². The van der Waals surface area contributed by atoms with Crippen molar-refractivity contribution in [3.05, 3.63) is 46.7 Å². The van der Waals surface area contributed by atoms with Crippen LogP contribution in [0, 0.1) is 0 Å². The third-order valence-corrected chi connectivity index (χ3v) is 3.81. The molecule has 2 aromatic heterocycles. The van der Waals surface area contributed by atoms with Gasteiger partial charge in [0.25, 0.3) is 0 Å². The van der Waals surface area contributed by atoms with Crippen LogP contribution in [0.4, 0.5) is 10.6 Å². The first-order valence-electron chi connectivity index (χ1n) is 6.71. The number of aromatic nitrogens is 3. The van der Waals surface area contributed by atoms with Gasteiger partial charge in [-0.05, 0) is 21.5 Å². The molecule has 0 radical (unpaired) electrons. The minimum Gasteiger partial charge on any atom is -0.465 e. The van der Waals surface area contributed by atoms with Gasteiger partial charge in [0.15, 0.2) is 17.3 Å². The Morgan fingerprint density at radius 3 is 2.75 bits per heavy atom. The SMILES string of the molecule is O=C(O)Nc1ncc(Br)nc1-c1cc(-c2ccc(CCl)cc2)no1. The standard InChI is InChI=1S/C15H10BrClN4O3/c16-12-7-18-14(20-15(22)23)13(19-12)11-5-10(21-24-11)9-3-1-8(6-17)2-4-9/h1-5,7H,6H2,(H,18,20)(H,22,23). The molecule has 0 atom stereocenters. The molecule has 3 aromatic rings. The topological polar surface area (TPSA) is 101 Å². The van der Waals surface area contributed by atoms with Crippen LogP contribution in [-0.2, 0) is 5.88 Å². The summed E-state index contributed by atoms with van der Waals surface area (Å²) < 4.78 is 5.75. The van der Waals surface area contributed by atoms with Gasteiger partial charge < -0.3 is 9.63 Å². The normalized spacial score (nSPS) is 10.6. The summed E-state index contributed by atoms with van der Waals surface area (Å²) in [6.07, 6.45) is 0.140. The molecule has 0 unspecified atom stereocenters. The number of alkyl halides is 1. The molecule has 0 saturated heterocycles. The maximum Gasteiger partial charge on any atom is 0.410 e. The van der Waals surface area contributed by atoms with Crippen molar-refractivity contribution >= 4 is 39.4 Å². The van der Waals surface area contributed by atoms with Crippen LogP contribution < -0.4 is 5.32 Å². The van der Waals surface area contributed by atoms with E-state index in [0.717, 1.165) is 11.1 Å². The monoisotopic (exact) mass is 408 g/mol. The molecule has 3 rings (SSSR count). The molecule has 0 spiro atoms. The molecule has 7 nitrogen and oxygen atoms in total. The second-order valence-electron chi connectivity index (χ2n) is 4.73. The summed E-state index contributed by atoms with van der Waals surface area (Å²) in [6, 6.07) is 9.21. The lowest BCUT2D eigenvalue weighted by Gasteiger charge is -2.04. The lowest BCUT2D eigenvalue weighted by atomic mass is 10.1. The number of hydrogen-bond acceptors (Lipinski definition) is 5. The van der Waals surface area contributed by atoms with Gasteiger partial charge in [0.1, 0.15) is 10.3 Å². The van der Waals surface area contributed by atoms with Crippen LogP contribution >= 0.6 is 27.5 Å². The molecule has 0 bridgehead atoms. The van der Waals surface area contributed by atoms with Gasteiger partial charge in [0, 0.05) is 17.5 Å². The van der Waals surface area contributed by atoms with E-state index >= 15 is 0 Å². The first-order chi connectivity index (χ1) is 11.6. The number of anilines is 1. The molecular weight excluding hydrogens is 400 g/mol. The van der Waals surface area contributed by atoms with Gasteiger partial charge >= 0.3 is 6.09 Å². The minimum atomic E-state index is -1.25. The zero-order valence-electron chi connectivity index (χ0n) is 12.0. The molecule has 0 fully saturated rings. The number of hydrogen-bond donors (Lipinski definition) is 2. The molecule has 0 aliphatic rings. The van der Waals surface area contributed by atoms with Gasteiger partial charge in [-0.3, -0.25) is 5.32 Å². The van der Waals surface area contributed by atoms with Crippen LogP contribution in [-0.4, -0.2) is 26.3 Å². The Balaban J connectivity index is 1.98. The summed E-state index contributed by atoms with van der Waals surface area (Å²) >= 11 is 8.98. The van der Waals surface area contributed by atoms with E-state index in [0.29, 0.717) is 21.9 Å². The second-order valence-corrected chi connectivity index (χ2v) is 5.81. The molecule has 24 heavy (non-hydrogen) atoms. The van der Waals surface area contributed by atoms with Crippen molar-refractivity contribution in [2.45, 2.75) is 5.88 Å². The highest BCUT2D eigenvalue weighted by Crippen LogP contribution is 2.29. The lowest BCUT2D eigenvalue weighted by molar-refractivity contribution is 0.209. The Kier molecular flexibility index (Phi) is 4.77. The van der Waals surface area contributed by atoms with Crippen molar-refractivity contribution in [2.75, 3.05) is 5.32 Å². The van der Waals surface area contributed by atoms with Crippen molar-refractivity contribution in [1.29, 1.82) is 0 Å². The molecule has 2 N–H and O–H groups in total. The molecule has 1 aromatic carbocycles. The summed E-state index contributed by atoms with van der Waals surface area (Å²) in [4.78, 5) is 19.1. The number of nitrogens with one attached hydrogen (secondary N) is 1. The van der Waals surface area contributed by atoms with Crippen molar-refractivity contribution in [1.82, 2.24) is 15.1 Å². The Labute approximate surface area is 149 Å². The van der Waals surface area contributed by atoms with Crippen LogP contribution in [0.25, 0.3) is 22.7 Å². The summed E-state index contributed by atoms with van der Waals surface area (Å²) in [5.41, 5.74) is 2.67. The van der Waals surface area contributed by atoms with E-state index in [1.165, 1.54) is 6.20 Å². The van der Waals surface area contributed by atoms with E-state index in [1.54, 1.807) is 6.07 Å². The first-order valence-corrected chi connectivity index (χ1v) is 8.04. The van der Waals surface area contributed by atoms with Crippen molar-refractivity contribution < 1.29 is 14.4 Å². The maximum absolute atomic E-state index is 10.9. The largest absolute Gasteiger partial charge is 0.465 e. The quantitative estimate of drug-likeness (QED) is 0.620. The maximum atomic E-state index is 10.9. The van der Waals surface area contributed by atoms with Gasteiger partial charge in [0.05, 0.1) is 6.20 Å². The molecule has 2 heterocycles. The smallest absolute Gasteiger partial charge is 0.410 e. The van der Waals surface area contributed by atoms with Crippen molar-refractivity contribution in [3.8, 4) is 22.7 Å². The van der Waals surface area contributed by atoms with Crippen LogP contribution in [0.1, 0.15) is 5.56 Å². The van der Waals surface area contributed by atoms with E-state index in [9.17, 15) is 4.79 Å². The Hall–Kier alpha value is -2.45. The number of benzene rings is 1. The summed E-state index contributed by atoms with van der Waals surface area (Å²) in [5, 5.41) is 15.1. The highest BCUT2D eigenvalue weighted by atomic mass is 79.9. The average Bonchev–Trinajstić information content (AvgIpc) is 3.06. The number of carboxylic acid groups (broad SMARTS) is 1. The average molecular weight is 410 g/mol. The molecule has 122 valence electrons. The van der Waals surface area contributed by atoms with Crippen molar-refractivity contribution in [3.63, 3.8) is 0 Å². The number of nitrogens with zero attached hydrogens (tertiary/aromatic N) is 3. The molecular formula is C15H10BrClN4O3. The fraction of sp³-hybridized carbons (Fsp3) is 0.0667. The number of amides is 1. The Bertz CT molecular complexity index is 883. The predicted octanol–water partition coefficient (Wildman–Crippen LogP) is 4.39. The summed E-state index contributed by atoms with van der Waals surface area (Å²) in [7, 11) is 0. The van der Waals surface area contributed by atoms with E-state index in [1.807, 2.05) is 24.3 Å². The van der Waals surface area contributed by atoms with Gasteiger partial charge in [-0.15, -0.1) is 11.6 Å². The van der Waals surface area contributed by atoms with E-state index in [4.69, 9.17) is 21.2 Å². The van der Waals surface area contributed by atoms with Crippen LogP contribution in [0.2, 0.25) is 0 Å². The Morgan fingerprint density at radius 2 is 2.08 bits per heavy atom. The van der Waals surface area contributed by atoms with Gasteiger partial charge in [-0.25, -0.2) is 14.8 Å². The molecule has 9 heteroatoms.